The largest absolute Gasteiger partial charge is 0.478 e. The van der Waals surface area contributed by atoms with Gasteiger partial charge in [0.2, 0.25) is 0 Å². The van der Waals surface area contributed by atoms with Crippen LogP contribution in [0.4, 0.5) is 4.39 Å². The predicted octanol–water partition coefficient (Wildman–Crippen LogP) is 0.671. The van der Waals surface area contributed by atoms with Gasteiger partial charge in [0.1, 0.15) is 6.17 Å². The van der Waals surface area contributed by atoms with Crippen molar-refractivity contribution in [3.05, 3.63) is 12.2 Å². The highest BCUT2D eigenvalue weighted by Crippen LogP contribution is 2.11. The van der Waals surface area contributed by atoms with Crippen molar-refractivity contribution in [2.24, 2.45) is 0 Å². The van der Waals surface area contributed by atoms with E-state index in [1.165, 1.54) is 0 Å². The molecule has 4 heteroatoms. The SMILES string of the molecule is O=C(O)/C=C/CN1CC[C@@H](F)C1. The summed E-state index contributed by atoms with van der Waals surface area (Å²) in [6.45, 7) is 1.70. The van der Waals surface area contributed by atoms with E-state index in [2.05, 4.69) is 0 Å². The number of alkyl halides is 1. The molecule has 1 aliphatic heterocycles. The maximum Gasteiger partial charge on any atom is 0.328 e. The van der Waals surface area contributed by atoms with E-state index in [1.54, 1.807) is 6.08 Å². The Morgan fingerprint density at radius 1 is 1.75 bits per heavy atom. The molecule has 1 fully saturated rings. The van der Waals surface area contributed by atoms with E-state index in [0.717, 1.165) is 12.6 Å². The van der Waals surface area contributed by atoms with Crippen LogP contribution in [-0.4, -0.2) is 41.8 Å². The molecule has 0 aliphatic carbocycles. The van der Waals surface area contributed by atoms with Crippen LogP contribution in [0.15, 0.2) is 12.2 Å². The summed E-state index contributed by atoms with van der Waals surface area (Å²) in [7, 11) is 0. The molecular formula is C8H12FNO2. The molecule has 0 aromatic carbocycles. The Bertz CT molecular complexity index is 193. The first-order valence-corrected chi connectivity index (χ1v) is 3.94. The highest BCUT2D eigenvalue weighted by Gasteiger charge is 2.19. The third kappa shape index (κ3) is 3.00. The standard InChI is InChI=1S/C8H12FNO2/c9-7-3-5-10(6-7)4-1-2-8(11)12/h1-2,7H,3-6H2,(H,11,12)/b2-1+/t7-/m1/s1. The number of aliphatic carboxylic acids is 1. The lowest BCUT2D eigenvalue weighted by atomic mass is 10.3. The van der Waals surface area contributed by atoms with E-state index in [0.29, 0.717) is 19.5 Å². The van der Waals surface area contributed by atoms with Gasteiger partial charge in [0.05, 0.1) is 0 Å². The Kier molecular flexibility index (Phi) is 3.22. The van der Waals surface area contributed by atoms with Gasteiger partial charge in [-0.05, 0) is 6.42 Å². The number of hydrogen-bond donors (Lipinski definition) is 1. The molecule has 1 rings (SSSR count). The van der Waals surface area contributed by atoms with Gasteiger partial charge in [0.25, 0.3) is 0 Å². The number of carbonyl (C=O) groups is 1. The molecule has 1 heterocycles. The van der Waals surface area contributed by atoms with Crippen molar-refractivity contribution < 1.29 is 14.3 Å². The van der Waals surface area contributed by atoms with E-state index in [4.69, 9.17) is 5.11 Å². The maximum atomic E-state index is 12.6. The van der Waals surface area contributed by atoms with Crippen LogP contribution in [0.5, 0.6) is 0 Å². The first-order chi connectivity index (χ1) is 5.68. The minimum atomic E-state index is -0.953. The lowest BCUT2D eigenvalue weighted by Gasteiger charge is -2.09. The Hall–Kier alpha value is -0.900. The first-order valence-electron chi connectivity index (χ1n) is 3.94. The van der Waals surface area contributed by atoms with Gasteiger partial charge in [-0.25, -0.2) is 9.18 Å². The van der Waals surface area contributed by atoms with Crippen LogP contribution in [0.2, 0.25) is 0 Å². The minimum absolute atomic E-state index is 0.434. The summed E-state index contributed by atoms with van der Waals surface area (Å²) in [5.74, 6) is -0.953. The van der Waals surface area contributed by atoms with Crippen molar-refractivity contribution in [1.29, 1.82) is 0 Å². The maximum absolute atomic E-state index is 12.6. The van der Waals surface area contributed by atoms with Gasteiger partial charge in [-0.15, -0.1) is 0 Å². The molecule has 12 heavy (non-hydrogen) atoms. The van der Waals surface area contributed by atoms with E-state index >= 15 is 0 Å². The lowest BCUT2D eigenvalue weighted by molar-refractivity contribution is -0.131. The van der Waals surface area contributed by atoms with Crippen LogP contribution in [0.1, 0.15) is 6.42 Å². The quantitative estimate of drug-likeness (QED) is 0.638. The van der Waals surface area contributed by atoms with Crippen molar-refractivity contribution >= 4 is 5.97 Å². The van der Waals surface area contributed by atoms with Crippen LogP contribution in [-0.2, 0) is 4.79 Å². The highest BCUT2D eigenvalue weighted by molar-refractivity contribution is 5.79. The normalized spacial score (nSPS) is 25.2. The van der Waals surface area contributed by atoms with Crippen molar-refractivity contribution in [2.75, 3.05) is 19.6 Å². The second-order valence-electron chi connectivity index (χ2n) is 2.89. The Balaban J connectivity index is 2.20. The van der Waals surface area contributed by atoms with Crippen LogP contribution in [0, 0.1) is 0 Å². The number of rotatable bonds is 3. The van der Waals surface area contributed by atoms with E-state index < -0.39 is 12.1 Å². The molecule has 0 saturated carbocycles. The molecular weight excluding hydrogens is 161 g/mol. The van der Waals surface area contributed by atoms with E-state index in [-0.39, 0.29) is 0 Å². The molecule has 0 aromatic rings. The molecule has 1 atom stereocenters. The smallest absolute Gasteiger partial charge is 0.328 e. The van der Waals surface area contributed by atoms with Crippen molar-refractivity contribution in [1.82, 2.24) is 4.90 Å². The van der Waals surface area contributed by atoms with Gasteiger partial charge >= 0.3 is 5.97 Å². The summed E-state index contributed by atoms with van der Waals surface area (Å²) in [5.41, 5.74) is 0. The van der Waals surface area contributed by atoms with Gasteiger partial charge in [-0.2, -0.15) is 0 Å². The van der Waals surface area contributed by atoms with E-state index in [1.807, 2.05) is 4.90 Å². The molecule has 1 saturated heterocycles. The molecule has 68 valence electrons. The number of carboxylic acid groups (broad SMARTS) is 1. The molecule has 0 bridgehead atoms. The summed E-state index contributed by atoms with van der Waals surface area (Å²) < 4.78 is 12.6. The lowest BCUT2D eigenvalue weighted by Crippen LogP contribution is -2.20. The fraction of sp³-hybridized carbons (Fsp3) is 0.625. The summed E-state index contributed by atoms with van der Waals surface area (Å²) >= 11 is 0. The first kappa shape index (κ1) is 9.19. The number of nitrogens with zero attached hydrogens (tertiary/aromatic N) is 1. The molecule has 0 spiro atoms. The Morgan fingerprint density at radius 3 is 3.00 bits per heavy atom. The van der Waals surface area contributed by atoms with Crippen molar-refractivity contribution in [3.63, 3.8) is 0 Å². The van der Waals surface area contributed by atoms with Crippen molar-refractivity contribution in [3.8, 4) is 0 Å². The molecule has 1 N–H and O–H groups in total. The Labute approximate surface area is 70.5 Å². The zero-order chi connectivity index (χ0) is 8.97. The molecule has 0 aromatic heterocycles. The number of hydrogen-bond acceptors (Lipinski definition) is 2. The fourth-order valence-corrected chi connectivity index (χ4v) is 1.25. The molecule has 0 amide bonds. The molecule has 0 unspecified atom stereocenters. The third-order valence-corrected chi connectivity index (χ3v) is 1.84. The number of carboxylic acids is 1. The second-order valence-corrected chi connectivity index (χ2v) is 2.89. The van der Waals surface area contributed by atoms with Gasteiger partial charge in [0, 0.05) is 25.7 Å². The zero-order valence-electron chi connectivity index (χ0n) is 6.74. The molecule has 1 aliphatic rings. The van der Waals surface area contributed by atoms with E-state index in [9.17, 15) is 9.18 Å². The minimum Gasteiger partial charge on any atom is -0.478 e. The van der Waals surface area contributed by atoms with Gasteiger partial charge in [-0.3, -0.25) is 4.90 Å². The summed E-state index contributed by atoms with van der Waals surface area (Å²) in [6.07, 6.45) is 2.47. The van der Waals surface area contributed by atoms with Crippen molar-refractivity contribution in [2.45, 2.75) is 12.6 Å². The second kappa shape index (κ2) is 4.21. The van der Waals surface area contributed by atoms with Gasteiger partial charge in [-0.1, -0.05) is 6.08 Å². The third-order valence-electron chi connectivity index (χ3n) is 1.84. The zero-order valence-corrected chi connectivity index (χ0v) is 6.74. The van der Waals surface area contributed by atoms with Crippen LogP contribution in [0.25, 0.3) is 0 Å². The van der Waals surface area contributed by atoms with Gasteiger partial charge < -0.3 is 5.11 Å². The average molecular weight is 173 g/mol. The monoisotopic (exact) mass is 173 g/mol. The molecule has 3 nitrogen and oxygen atoms in total. The van der Waals surface area contributed by atoms with Crippen LogP contribution < -0.4 is 0 Å². The fourth-order valence-electron chi connectivity index (χ4n) is 1.25. The number of halogens is 1. The van der Waals surface area contributed by atoms with Crippen LogP contribution >= 0.6 is 0 Å². The topological polar surface area (TPSA) is 40.5 Å². The Morgan fingerprint density at radius 2 is 2.50 bits per heavy atom. The average Bonchev–Trinajstić information content (AvgIpc) is 2.35. The highest BCUT2D eigenvalue weighted by atomic mass is 19.1. The van der Waals surface area contributed by atoms with Gasteiger partial charge in [0.15, 0.2) is 0 Å². The summed E-state index contributed by atoms with van der Waals surface area (Å²) in [5, 5.41) is 8.26. The summed E-state index contributed by atoms with van der Waals surface area (Å²) in [4.78, 5) is 12.0. The molecule has 0 radical (unpaired) electrons. The van der Waals surface area contributed by atoms with Crippen LogP contribution in [0.3, 0.4) is 0 Å². The number of likely N-dealkylation sites (tertiary alicyclic amines) is 1. The summed E-state index contributed by atoms with van der Waals surface area (Å²) in [6, 6.07) is 0. The predicted molar refractivity (Wildman–Crippen MR) is 42.7 cm³/mol.